The second kappa shape index (κ2) is 6.01. The maximum absolute atomic E-state index is 13.0. The molecule has 0 N–H and O–H groups in total. The summed E-state index contributed by atoms with van der Waals surface area (Å²) in [5.41, 5.74) is 0.360. The summed E-state index contributed by atoms with van der Waals surface area (Å²) < 4.78 is 1.79. The van der Waals surface area contributed by atoms with Crippen molar-refractivity contribution in [3.05, 3.63) is 11.9 Å². The first-order valence-corrected chi connectivity index (χ1v) is 8.70. The van der Waals surface area contributed by atoms with Gasteiger partial charge in [0.2, 0.25) is 0 Å². The number of rotatable bonds is 1. The molecular formula is C17H28N4O. The van der Waals surface area contributed by atoms with Crippen molar-refractivity contribution in [2.75, 3.05) is 6.54 Å². The molecule has 1 amide bonds. The average Bonchev–Trinajstić information content (AvgIpc) is 2.88. The Morgan fingerprint density at radius 3 is 2.50 bits per heavy atom. The topological polar surface area (TPSA) is 51.0 Å². The fourth-order valence-corrected chi connectivity index (χ4v) is 3.88. The molecular weight excluding hydrogens is 276 g/mol. The molecule has 1 aromatic rings. The molecule has 0 unspecified atom stereocenters. The summed E-state index contributed by atoms with van der Waals surface area (Å²) in [4.78, 5) is 15.1. The quantitative estimate of drug-likeness (QED) is 0.800. The average molecular weight is 304 g/mol. The summed E-state index contributed by atoms with van der Waals surface area (Å²) in [5, 5.41) is 8.30. The third-order valence-corrected chi connectivity index (χ3v) is 5.15. The molecule has 2 fully saturated rings. The molecule has 5 nitrogen and oxygen atoms in total. The largest absolute Gasteiger partial charge is 0.334 e. The molecule has 0 aromatic carbocycles. The molecule has 5 heteroatoms. The van der Waals surface area contributed by atoms with Crippen molar-refractivity contribution in [3.8, 4) is 0 Å². The van der Waals surface area contributed by atoms with Gasteiger partial charge >= 0.3 is 0 Å². The first-order chi connectivity index (χ1) is 10.5. The van der Waals surface area contributed by atoms with Crippen LogP contribution in [-0.4, -0.2) is 38.4 Å². The number of hydrogen-bond acceptors (Lipinski definition) is 3. The number of carbonyl (C=O) groups excluding carboxylic acids is 1. The molecule has 0 bridgehead atoms. The van der Waals surface area contributed by atoms with Crippen LogP contribution in [0.4, 0.5) is 0 Å². The number of nitrogens with zero attached hydrogens (tertiary/aromatic N) is 4. The van der Waals surface area contributed by atoms with Gasteiger partial charge in [-0.1, -0.05) is 24.5 Å². The highest BCUT2D eigenvalue weighted by atomic mass is 16.2. The van der Waals surface area contributed by atoms with Crippen molar-refractivity contribution in [2.24, 2.45) is 5.92 Å². The summed E-state index contributed by atoms with van der Waals surface area (Å²) in [7, 11) is 0. The third kappa shape index (κ3) is 3.03. The summed E-state index contributed by atoms with van der Waals surface area (Å²) in [5.74, 6) is 0.771. The van der Waals surface area contributed by atoms with E-state index in [0.717, 1.165) is 19.4 Å². The van der Waals surface area contributed by atoms with E-state index in [-0.39, 0.29) is 11.4 Å². The molecule has 1 aliphatic heterocycles. The second-order valence-electron chi connectivity index (χ2n) is 7.83. The van der Waals surface area contributed by atoms with E-state index in [1.54, 1.807) is 4.68 Å². The zero-order valence-corrected chi connectivity index (χ0v) is 14.1. The van der Waals surface area contributed by atoms with Gasteiger partial charge in [0.25, 0.3) is 5.91 Å². The van der Waals surface area contributed by atoms with Gasteiger partial charge < -0.3 is 4.90 Å². The number of amides is 1. The lowest BCUT2D eigenvalue weighted by molar-refractivity contribution is 0.0563. The number of likely N-dealkylation sites (tertiary alicyclic amines) is 1. The van der Waals surface area contributed by atoms with Crippen molar-refractivity contribution >= 4 is 5.91 Å². The minimum Gasteiger partial charge on any atom is -0.334 e. The first kappa shape index (κ1) is 15.5. The Morgan fingerprint density at radius 1 is 1.14 bits per heavy atom. The van der Waals surface area contributed by atoms with E-state index in [1.807, 2.05) is 6.20 Å². The Hall–Kier alpha value is -1.39. The van der Waals surface area contributed by atoms with Crippen LogP contribution in [0.3, 0.4) is 0 Å². The molecule has 0 spiro atoms. The van der Waals surface area contributed by atoms with Crippen LogP contribution in [0.15, 0.2) is 6.20 Å². The van der Waals surface area contributed by atoms with Crippen LogP contribution in [0.2, 0.25) is 0 Å². The lowest BCUT2D eigenvalue weighted by atomic mass is 9.81. The van der Waals surface area contributed by atoms with E-state index in [0.29, 0.717) is 17.7 Å². The normalized spacial score (nSPS) is 26.4. The maximum atomic E-state index is 13.0. The highest BCUT2D eigenvalue weighted by Gasteiger charge is 2.35. The third-order valence-electron chi connectivity index (χ3n) is 5.15. The molecule has 0 radical (unpaired) electrons. The summed E-state index contributed by atoms with van der Waals surface area (Å²) in [6.07, 6.45) is 10.5. The van der Waals surface area contributed by atoms with E-state index in [1.165, 1.54) is 32.1 Å². The lowest BCUT2D eigenvalue weighted by Crippen LogP contribution is -2.45. The SMILES string of the molecule is CC(C)(C)n1cc(C(=O)N2CCCC[C@@H]3CCCC[C@H]32)nn1. The Bertz CT molecular complexity index is 531. The Morgan fingerprint density at radius 2 is 1.82 bits per heavy atom. The summed E-state index contributed by atoms with van der Waals surface area (Å²) in [6.45, 7) is 7.08. The van der Waals surface area contributed by atoms with Gasteiger partial charge in [0.05, 0.1) is 11.7 Å². The van der Waals surface area contributed by atoms with Crippen LogP contribution in [0.1, 0.15) is 76.2 Å². The Balaban J connectivity index is 1.81. The van der Waals surface area contributed by atoms with E-state index < -0.39 is 0 Å². The molecule has 22 heavy (non-hydrogen) atoms. The van der Waals surface area contributed by atoms with Crippen molar-refractivity contribution in [1.82, 2.24) is 19.9 Å². The summed E-state index contributed by atoms with van der Waals surface area (Å²) >= 11 is 0. The van der Waals surface area contributed by atoms with Crippen LogP contribution >= 0.6 is 0 Å². The van der Waals surface area contributed by atoms with Gasteiger partial charge in [-0.2, -0.15) is 0 Å². The van der Waals surface area contributed by atoms with Crippen molar-refractivity contribution in [1.29, 1.82) is 0 Å². The number of carbonyl (C=O) groups is 1. The zero-order chi connectivity index (χ0) is 15.7. The van der Waals surface area contributed by atoms with Gasteiger partial charge in [0, 0.05) is 12.6 Å². The van der Waals surface area contributed by atoms with Crippen LogP contribution < -0.4 is 0 Å². The van der Waals surface area contributed by atoms with Gasteiger partial charge in [-0.05, 0) is 52.4 Å². The Kier molecular flexibility index (Phi) is 4.24. The van der Waals surface area contributed by atoms with Gasteiger partial charge in [-0.15, -0.1) is 5.10 Å². The summed E-state index contributed by atoms with van der Waals surface area (Å²) in [6, 6.07) is 0.420. The minimum absolute atomic E-state index is 0.0781. The van der Waals surface area contributed by atoms with E-state index in [9.17, 15) is 4.79 Å². The van der Waals surface area contributed by atoms with Crippen LogP contribution in [0.25, 0.3) is 0 Å². The molecule has 1 saturated heterocycles. The van der Waals surface area contributed by atoms with Gasteiger partial charge in [-0.25, -0.2) is 4.68 Å². The predicted octanol–water partition coefficient (Wildman–Crippen LogP) is 3.22. The molecule has 3 rings (SSSR count). The van der Waals surface area contributed by atoms with Crippen molar-refractivity contribution in [3.63, 3.8) is 0 Å². The Labute approximate surface area is 133 Å². The highest BCUT2D eigenvalue weighted by molar-refractivity contribution is 5.92. The number of hydrogen-bond donors (Lipinski definition) is 0. The van der Waals surface area contributed by atoms with Gasteiger partial charge in [0.15, 0.2) is 5.69 Å². The van der Waals surface area contributed by atoms with Crippen molar-refractivity contribution in [2.45, 2.75) is 77.3 Å². The zero-order valence-electron chi connectivity index (χ0n) is 14.1. The van der Waals surface area contributed by atoms with Crippen LogP contribution in [-0.2, 0) is 5.54 Å². The molecule has 1 aliphatic carbocycles. The fourth-order valence-electron chi connectivity index (χ4n) is 3.88. The van der Waals surface area contributed by atoms with E-state index in [4.69, 9.17) is 0 Å². The monoisotopic (exact) mass is 304 g/mol. The fraction of sp³-hybridized carbons (Fsp3) is 0.824. The second-order valence-corrected chi connectivity index (χ2v) is 7.83. The molecule has 122 valence electrons. The smallest absolute Gasteiger partial charge is 0.276 e. The molecule has 2 heterocycles. The lowest BCUT2D eigenvalue weighted by Gasteiger charge is -2.37. The minimum atomic E-state index is -0.141. The first-order valence-electron chi connectivity index (χ1n) is 8.70. The van der Waals surface area contributed by atoms with Crippen LogP contribution in [0.5, 0.6) is 0 Å². The number of aromatic nitrogens is 3. The molecule has 1 saturated carbocycles. The van der Waals surface area contributed by atoms with Gasteiger partial charge in [0.1, 0.15) is 0 Å². The molecule has 2 aliphatic rings. The molecule has 1 aromatic heterocycles. The maximum Gasteiger partial charge on any atom is 0.276 e. The number of fused-ring (bicyclic) bond motifs is 1. The predicted molar refractivity (Wildman–Crippen MR) is 85.7 cm³/mol. The highest BCUT2D eigenvalue weighted by Crippen LogP contribution is 2.35. The molecule has 2 atom stereocenters. The van der Waals surface area contributed by atoms with E-state index >= 15 is 0 Å². The standard InChI is InChI=1S/C17H28N4O/c1-17(2,3)21-12-14(18-19-21)16(22)20-11-7-6-9-13-8-4-5-10-15(13)20/h12-13,15H,4-11H2,1-3H3/t13-,15+/m0/s1. The van der Waals surface area contributed by atoms with Gasteiger partial charge in [-0.3, -0.25) is 4.79 Å². The van der Waals surface area contributed by atoms with Crippen molar-refractivity contribution < 1.29 is 4.79 Å². The van der Waals surface area contributed by atoms with E-state index in [2.05, 4.69) is 36.0 Å². The van der Waals surface area contributed by atoms with Crippen LogP contribution in [0, 0.1) is 5.92 Å².